The molecule has 1 atom stereocenters. The Bertz CT molecular complexity index is 685. The van der Waals surface area contributed by atoms with E-state index in [9.17, 15) is 22.8 Å². The van der Waals surface area contributed by atoms with E-state index in [0.717, 1.165) is 11.1 Å². The molecule has 24 heavy (non-hydrogen) atoms. The van der Waals surface area contributed by atoms with Gasteiger partial charge in [-0.2, -0.15) is 13.2 Å². The highest BCUT2D eigenvalue weighted by Gasteiger charge is 2.58. The number of halogens is 3. The predicted molar refractivity (Wildman–Crippen MR) is 80.5 cm³/mol. The zero-order chi connectivity index (χ0) is 17.7. The SMILES string of the molecule is Cc1ccc(C)c(C2C(=O)OC3(CCC(C(F)(F)F)CC3)C2=O)c1. The fraction of sp³-hybridized carbons (Fsp3) is 0.556. The minimum absolute atomic E-state index is 0.0525. The van der Waals surface area contributed by atoms with Crippen LogP contribution in [0.2, 0.25) is 0 Å². The molecular weight excluding hydrogens is 321 g/mol. The fourth-order valence-electron chi connectivity index (χ4n) is 3.77. The molecule has 1 saturated carbocycles. The minimum atomic E-state index is -4.26. The molecule has 0 bridgehead atoms. The van der Waals surface area contributed by atoms with Crippen LogP contribution in [-0.2, 0) is 14.3 Å². The van der Waals surface area contributed by atoms with Crippen LogP contribution in [0.1, 0.15) is 48.3 Å². The molecule has 1 spiro atoms. The van der Waals surface area contributed by atoms with Crippen LogP contribution >= 0.6 is 0 Å². The Morgan fingerprint density at radius 3 is 2.33 bits per heavy atom. The number of hydrogen-bond acceptors (Lipinski definition) is 3. The summed E-state index contributed by atoms with van der Waals surface area (Å²) in [5, 5.41) is 0. The Balaban J connectivity index is 1.87. The van der Waals surface area contributed by atoms with Crippen LogP contribution in [0.25, 0.3) is 0 Å². The van der Waals surface area contributed by atoms with E-state index in [1.165, 1.54) is 0 Å². The summed E-state index contributed by atoms with van der Waals surface area (Å²) in [6.45, 7) is 3.67. The third kappa shape index (κ3) is 2.72. The van der Waals surface area contributed by atoms with E-state index < -0.39 is 29.6 Å². The van der Waals surface area contributed by atoms with Crippen molar-refractivity contribution in [2.75, 3.05) is 0 Å². The van der Waals surface area contributed by atoms with E-state index in [1.807, 2.05) is 19.1 Å². The number of carbonyl (C=O) groups excluding carboxylic acids is 2. The molecule has 3 rings (SSSR count). The highest BCUT2D eigenvalue weighted by molar-refractivity contribution is 6.13. The van der Waals surface area contributed by atoms with Gasteiger partial charge in [-0.25, -0.2) is 0 Å². The molecule has 1 aliphatic carbocycles. The van der Waals surface area contributed by atoms with Gasteiger partial charge in [0.05, 0.1) is 5.92 Å². The molecule has 0 aromatic heterocycles. The number of aryl methyl sites for hydroxylation is 2. The highest BCUT2D eigenvalue weighted by Crippen LogP contribution is 2.48. The van der Waals surface area contributed by atoms with Gasteiger partial charge in [0.25, 0.3) is 0 Å². The second-order valence-electron chi connectivity index (χ2n) is 6.89. The lowest BCUT2D eigenvalue weighted by Gasteiger charge is -2.35. The maximum absolute atomic E-state index is 12.9. The molecular formula is C18H19F3O3. The van der Waals surface area contributed by atoms with Crippen LogP contribution in [0, 0.1) is 19.8 Å². The van der Waals surface area contributed by atoms with E-state index in [0.29, 0.717) is 5.56 Å². The summed E-state index contributed by atoms with van der Waals surface area (Å²) in [6, 6.07) is 5.49. The molecule has 2 fully saturated rings. The van der Waals surface area contributed by atoms with Gasteiger partial charge in [0.2, 0.25) is 0 Å². The number of ketones is 1. The van der Waals surface area contributed by atoms with Crippen molar-refractivity contribution < 1.29 is 27.5 Å². The maximum Gasteiger partial charge on any atom is 0.391 e. The van der Waals surface area contributed by atoms with E-state index in [-0.39, 0.29) is 31.5 Å². The first-order chi connectivity index (χ1) is 11.1. The molecule has 2 aliphatic rings. The van der Waals surface area contributed by atoms with Crippen molar-refractivity contribution in [2.45, 2.75) is 57.2 Å². The number of ether oxygens (including phenoxy) is 1. The molecule has 6 heteroatoms. The van der Waals surface area contributed by atoms with Crippen LogP contribution < -0.4 is 0 Å². The van der Waals surface area contributed by atoms with Crippen molar-refractivity contribution in [3.8, 4) is 0 Å². The van der Waals surface area contributed by atoms with Crippen molar-refractivity contribution in [2.24, 2.45) is 5.92 Å². The van der Waals surface area contributed by atoms with Crippen molar-refractivity contribution in [3.05, 3.63) is 34.9 Å². The molecule has 3 nitrogen and oxygen atoms in total. The molecule has 1 aromatic carbocycles. The Morgan fingerprint density at radius 2 is 1.75 bits per heavy atom. The summed E-state index contributed by atoms with van der Waals surface area (Å²) in [4.78, 5) is 25.2. The van der Waals surface area contributed by atoms with Crippen LogP contribution in [0.3, 0.4) is 0 Å². The van der Waals surface area contributed by atoms with Crippen molar-refractivity contribution in [1.82, 2.24) is 0 Å². The van der Waals surface area contributed by atoms with Crippen LogP contribution in [0.5, 0.6) is 0 Å². The van der Waals surface area contributed by atoms with Crippen molar-refractivity contribution in [3.63, 3.8) is 0 Å². The Labute approximate surface area is 138 Å². The normalized spacial score (nSPS) is 30.7. The number of esters is 1. The average molecular weight is 340 g/mol. The zero-order valence-electron chi connectivity index (χ0n) is 13.6. The first kappa shape index (κ1) is 17.0. The highest BCUT2D eigenvalue weighted by atomic mass is 19.4. The molecule has 0 amide bonds. The van der Waals surface area contributed by atoms with E-state index >= 15 is 0 Å². The Kier molecular flexibility index (Phi) is 3.97. The number of carbonyl (C=O) groups is 2. The molecule has 1 saturated heterocycles. The number of Topliss-reactive ketones (excluding diaryl/α,β-unsaturated/α-hetero) is 1. The third-order valence-electron chi connectivity index (χ3n) is 5.24. The first-order valence-electron chi connectivity index (χ1n) is 8.05. The van der Waals surface area contributed by atoms with Gasteiger partial charge in [-0.3, -0.25) is 9.59 Å². The molecule has 1 heterocycles. The lowest BCUT2D eigenvalue weighted by Crippen LogP contribution is -2.43. The van der Waals surface area contributed by atoms with Gasteiger partial charge in [0.1, 0.15) is 5.92 Å². The summed E-state index contributed by atoms with van der Waals surface area (Å²) in [7, 11) is 0. The smallest absolute Gasteiger partial charge is 0.391 e. The Morgan fingerprint density at radius 1 is 1.12 bits per heavy atom. The van der Waals surface area contributed by atoms with Gasteiger partial charge < -0.3 is 4.74 Å². The summed E-state index contributed by atoms with van der Waals surface area (Å²) in [5.74, 6) is -3.47. The summed E-state index contributed by atoms with van der Waals surface area (Å²) in [5.41, 5.74) is 0.939. The van der Waals surface area contributed by atoms with Gasteiger partial charge in [0, 0.05) is 0 Å². The quantitative estimate of drug-likeness (QED) is 0.573. The van der Waals surface area contributed by atoms with Crippen molar-refractivity contribution >= 4 is 11.8 Å². The van der Waals surface area contributed by atoms with Gasteiger partial charge in [-0.1, -0.05) is 23.8 Å². The summed E-state index contributed by atoms with van der Waals surface area (Å²) >= 11 is 0. The Hall–Kier alpha value is -1.85. The first-order valence-corrected chi connectivity index (χ1v) is 8.05. The molecule has 1 aromatic rings. The number of benzene rings is 1. The lowest BCUT2D eigenvalue weighted by atomic mass is 9.74. The number of hydrogen-bond donors (Lipinski definition) is 0. The molecule has 0 N–H and O–H groups in total. The largest absolute Gasteiger partial charge is 0.450 e. The second-order valence-corrected chi connectivity index (χ2v) is 6.89. The van der Waals surface area contributed by atoms with Gasteiger partial charge >= 0.3 is 12.1 Å². The molecule has 0 radical (unpaired) electrons. The van der Waals surface area contributed by atoms with Crippen molar-refractivity contribution in [1.29, 1.82) is 0 Å². The van der Waals surface area contributed by atoms with Crippen LogP contribution in [0.4, 0.5) is 13.2 Å². The minimum Gasteiger partial charge on any atom is -0.450 e. The molecule has 130 valence electrons. The van der Waals surface area contributed by atoms with Gasteiger partial charge in [0.15, 0.2) is 11.4 Å². The number of rotatable bonds is 1. The fourth-order valence-corrected chi connectivity index (χ4v) is 3.77. The lowest BCUT2D eigenvalue weighted by molar-refractivity contribution is -0.194. The second kappa shape index (κ2) is 5.60. The predicted octanol–water partition coefficient (Wildman–Crippen LogP) is 4.00. The van der Waals surface area contributed by atoms with Crippen LogP contribution in [-0.4, -0.2) is 23.5 Å². The monoisotopic (exact) mass is 340 g/mol. The van der Waals surface area contributed by atoms with E-state index in [1.54, 1.807) is 13.0 Å². The zero-order valence-corrected chi connectivity index (χ0v) is 13.6. The molecule has 1 unspecified atom stereocenters. The van der Waals surface area contributed by atoms with Gasteiger partial charge in [-0.05, 0) is 50.7 Å². The molecule has 1 aliphatic heterocycles. The summed E-state index contributed by atoms with van der Waals surface area (Å²) in [6.07, 6.45) is -4.73. The van der Waals surface area contributed by atoms with E-state index in [4.69, 9.17) is 4.74 Å². The standard InChI is InChI=1S/C18H19F3O3/c1-10-3-4-11(2)13(9-10)14-15(22)17(24-16(14)23)7-5-12(6-8-17)18(19,20)21/h3-4,9,12,14H,5-8H2,1-2H3. The van der Waals surface area contributed by atoms with Crippen LogP contribution in [0.15, 0.2) is 18.2 Å². The van der Waals surface area contributed by atoms with E-state index in [2.05, 4.69) is 0 Å². The number of alkyl halides is 3. The maximum atomic E-state index is 12.9. The summed E-state index contributed by atoms with van der Waals surface area (Å²) < 4.78 is 43.9. The third-order valence-corrected chi connectivity index (χ3v) is 5.24. The van der Waals surface area contributed by atoms with Gasteiger partial charge in [-0.15, -0.1) is 0 Å². The topological polar surface area (TPSA) is 43.4 Å². The average Bonchev–Trinajstić information content (AvgIpc) is 2.72.